The standard InChI is InChI=1S/C24H24N4O6/c1-33-21(34-2)13-26-12-20(29)27-19(24(26)30)11-17-16-5-3-4-6-18(16)25-22(17)23(27)14-7-9-15(10-8-14)28(31)32/h3-10,19,21,23,25H,11-13H2,1-2H3/t19-,23-/m0/s1. The first kappa shape index (κ1) is 22.1. The van der Waals surface area contributed by atoms with E-state index in [1.54, 1.807) is 17.0 Å². The van der Waals surface area contributed by atoms with Crippen molar-refractivity contribution >= 4 is 28.4 Å². The summed E-state index contributed by atoms with van der Waals surface area (Å²) in [4.78, 5) is 44.3. The van der Waals surface area contributed by atoms with Crippen LogP contribution in [-0.2, 0) is 25.5 Å². The minimum absolute atomic E-state index is 0.0367. The zero-order valence-corrected chi connectivity index (χ0v) is 18.8. The van der Waals surface area contributed by atoms with Gasteiger partial charge < -0.3 is 24.3 Å². The molecule has 1 saturated heterocycles. The molecule has 176 valence electrons. The number of benzene rings is 2. The van der Waals surface area contributed by atoms with Crippen molar-refractivity contribution in [3.8, 4) is 0 Å². The number of non-ortho nitro benzene ring substituents is 1. The molecule has 2 aliphatic heterocycles. The van der Waals surface area contributed by atoms with Crippen LogP contribution < -0.4 is 0 Å². The van der Waals surface area contributed by atoms with Crippen LogP contribution in [0.4, 0.5) is 5.69 Å². The smallest absolute Gasteiger partial charge is 0.269 e. The normalized spacial score (nSPS) is 20.1. The van der Waals surface area contributed by atoms with E-state index in [-0.39, 0.29) is 30.6 Å². The first-order valence-corrected chi connectivity index (χ1v) is 10.9. The number of carbonyl (C=O) groups excluding carboxylic acids is 2. The molecule has 0 aliphatic carbocycles. The molecule has 5 rings (SSSR count). The van der Waals surface area contributed by atoms with Gasteiger partial charge in [-0.05, 0) is 29.3 Å². The summed E-state index contributed by atoms with van der Waals surface area (Å²) in [6.45, 7) is 0.0441. The highest BCUT2D eigenvalue weighted by atomic mass is 16.7. The van der Waals surface area contributed by atoms with Gasteiger partial charge in [0.25, 0.3) is 5.69 Å². The van der Waals surface area contributed by atoms with E-state index in [1.165, 1.54) is 31.3 Å². The number of hydrogen-bond donors (Lipinski definition) is 1. The number of aromatic amines is 1. The van der Waals surface area contributed by atoms with E-state index in [0.717, 1.165) is 22.2 Å². The third kappa shape index (κ3) is 3.51. The predicted octanol–water partition coefficient (Wildman–Crippen LogP) is 2.38. The lowest BCUT2D eigenvalue weighted by Crippen LogP contribution is -2.63. The Morgan fingerprint density at radius 1 is 1.12 bits per heavy atom. The number of H-pyrrole nitrogens is 1. The number of ether oxygens (including phenoxy) is 2. The fourth-order valence-corrected chi connectivity index (χ4v) is 5.03. The SMILES string of the molecule is COC(CN1CC(=O)N2[C@@H](c3ccc([N+](=O)[O-])cc3)c3[nH]c4ccccc4c3C[C@H]2C1=O)OC. The van der Waals surface area contributed by atoms with Crippen molar-refractivity contribution in [1.29, 1.82) is 0 Å². The van der Waals surface area contributed by atoms with Gasteiger partial charge in [-0.15, -0.1) is 0 Å². The van der Waals surface area contributed by atoms with Crippen molar-refractivity contribution in [2.24, 2.45) is 0 Å². The number of fused-ring (bicyclic) bond motifs is 4. The molecule has 34 heavy (non-hydrogen) atoms. The van der Waals surface area contributed by atoms with Gasteiger partial charge in [0, 0.05) is 49.4 Å². The molecular formula is C24H24N4O6. The number of nitro benzene ring substituents is 1. The second-order valence-corrected chi connectivity index (χ2v) is 8.45. The largest absolute Gasteiger partial charge is 0.356 e. The number of para-hydroxylation sites is 1. The summed E-state index contributed by atoms with van der Waals surface area (Å²) >= 11 is 0. The highest BCUT2D eigenvalue weighted by Crippen LogP contribution is 2.42. The fourth-order valence-electron chi connectivity index (χ4n) is 5.03. The number of nitrogens with one attached hydrogen (secondary N) is 1. The van der Waals surface area contributed by atoms with Crippen LogP contribution in [0, 0.1) is 10.1 Å². The van der Waals surface area contributed by atoms with Crippen molar-refractivity contribution in [1.82, 2.24) is 14.8 Å². The van der Waals surface area contributed by atoms with E-state index < -0.39 is 23.3 Å². The Kier molecular flexibility index (Phi) is 5.54. The Bertz CT molecular complexity index is 1270. The maximum Gasteiger partial charge on any atom is 0.269 e. The minimum atomic E-state index is -0.706. The highest BCUT2D eigenvalue weighted by molar-refractivity contribution is 5.97. The van der Waals surface area contributed by atoms with Crippen LogP contribution in [0.2, 0.25) is 0 Å². The van der Waals surface area contributed by atoms with E-state index >= 15 is 0 Å². The molecule has 10 heteroatoms. The topological polar surface area (TPSA) is 118 Å². The van der Waals surface area contributed by atoms with Crippen LogP contribution in [0.5, 0.6) is 0 Å². The summed E-state index contributed by atoms with van der Waals surface area (Å²) in [5.41, 5.74) is 3.37. The van der Waals surface area contributed by atoms with Crippen LogP contribution in [0.3, 0.4) is 0 Å². The predicted molar refractivity (Wildman–Crippen MR) is 122 cm³/mol. The number of amides is 2. The maximum absolute atomic E-state index is 13.6. The lowest BCUT2D eigenvalue weighted by Gasteiger charge is -2.47. The second-order valence-electron chi connectivity index (χ2n) is 8.45. The molecule has 0 bridgehead atoms. The first-order valence-electron chi connectivity index (χ1n) is 10.9. The average molecular weight is 464 g/mol. The highest BCUT2D eigenvalue weighted by Gasteiger charge is 2.48. The van der Waals surface area contributed by atoms with Gasteiger partial charge in [-0.2, -0.15) is 0 Å². The molecule has 10 nitrogen and oxygen atoms in total. The van der Waals surface area contributed by atoms with E-state index in [9.17, 15) is 19.7 Å². The molecule has 1 fully saturated rings. The Hall–Kier alpha value is -3.76. The fraction of sp³-hybridized carbons (Fsp3) is 0.333. The first-order chi connectivity index (χ1) is 16.4. The van der Waals surface area contributed by atoms with E-state index in [2.05, 4.69) is 4.98 Å². The number of nitro groups is 1. The van der Waals surface area contributed by atoms with Crippen LogP contribution in [-0.4, -0.2) is 71.2 Å². The average Bonchev–Trinajstić information content (AvgIpc) is 3.22. The van der Waals surface area contributed by atoms with Crippen molar-refractivity contribution in [3.63, 3.8) is 0 Å². The van der Waals surface area contributed by atoms with Gasteiger partial charge in [0.1, 0.15) is 12.6 Å². The summed E-state index contributed by atoms with van der Waals surface area (Å²) < 4.78 is 10.5. The monoisotopic (exact) mass is 464 g/mol. The number of piperazine rings is 1. The van der Waals surface area contributed by atoms with Gasteiger partial charge in [-0.25, -0.2) is 0 Å². The van der Waals surface area contributed by atoms with Gasteiger partial charge in [0.05, 0.1) is 17.5 Å². The van der Waals surface area contributed by atoms with Crippen LogP contribution >= 0.6 is 0 Å². The minimum Gasteiger partial charge on any atom is -0.356 e. The quantitative estimate of drug-likeness (QED) is 0.340. The maximum atomic E-state index is 13.6. The molecule has 2 amide bonds. The molecule has 1 aromatic heterocycles. The van der Waals surface area contributed by atoms with Crippen LogP contribution in [0.1, 0.15) is 22.9 Å². The summed E-state index contributed by atoms with van der Waals surface area (Å²) in [6, 6.07) is 12.7. The summed E-state index contributed by atoms with van der Waals surface area (Å²) in [6.07, 6.45) is -0.268. The number of rotatable bonds is 6. The molecule has 2 atom stereocenters. The van der Waals surface area contributed by atoms with Gasteiger partial charge in [0.15, 0.2) is 6.29 Å². The zero-order valence-electron chi connectivity index (χ0n) is 18.8. The number of methoxy groups -OCH3 is 2. The molecule has 2 aromatic carbocycles. The second kappa shape index (κ2) is 8.54. The molecule has 2 aliphatic rings. The van der Waals surface area contributed by atoms with Gasteiger partial charge in [0.2, 0.25) is 11.8 Å². The molecule has 3 heterocycles. The lowest BCUT2D eigenvalue weighted by molar-refractivity contribution is -0.384. The third-order valence-electron chi connectivity index (χ3n) is 6.66. The van der Waals surface area contributed by atoms with E-state index in [0.29, 0.717) is 12.0 Å². The van der Waals surface area contributed by atoms with Crippen molar-refractivity contribution in [2.45, 2.75) is 24.8 Å². The third-order valence-corrected chi connectivity index (χ3v) is 6.66. The summed E-state index contributed by atoms with van der Waals surface area (Å²) in [5.74, 6) is -0.384. The molecule has 0 saturated carbocycles. The molecule has 0 radical (unpaired) electrons. The lowest BCUT2D eigenvalue weighted by atomic mass is 9.86. The number of hydrogen-bond acceptors (Lipinski definition) is 6. The van der Waals surface area contributed by atoms with Crippen molar-refractivity contribution in [2.75, 3.05) is 27.3 Å². The van der Waals surface area contributed by atoms with Gasteiger partial charge in [-0.3, -0.25) is 19.7 Å². The van der Waals surface area contributed by atoms with Crippen LogP contribution in [0.25, 0.3) is 10.9 Å². The molecular weight excluding hydrogens is 440 g/mol. The molecule has 1 N–H and O–H groups in total. The Morgan fingerprint density at radius 3 is 2.50 bits per heavy atom. The number of aromatic nitrogens is 1. The molecule has 0 spiro atoms. The van der Waals surface area contributed by atoms with E-state index in [4.69, 9.17) is 9.47 Å². The number of nitrogens with zero attached hydrogens (tertiary/aromatic N) is 3. The molecule has 0 unspecified atom stereocenters. The zero-order chi connectivity index (χ0) is 24.0. The van der Waals surface area contributed by atoms with E-state index in [1.807, 2.05) is 24.3 Å². The van der Waals surface area contributed by atoms with Crippen molar-refractivity contribution in [3.05, 3.63) is 75.5 Å². The Morgan fingerprint density at radius 2 is 1.82 bits per heavy atom. The molecule has 3 aromatic rings. The summed E-state index contributed by atoms with van der Waals surface area (Å²) in [5, 5.41) is 12.2. The number of carbonyl (C=O) groups is 2. The van der Waals surface area contributed by atoms with Crippen LogP contribution in [0.15, 0.2) is 48.5 Å². The summed E-state index contributed by atoms with van der Waals surface area (Å²) in [7, 11) is 2.97. The Labute approximate surface area is 195 Å². The van der Waals surface area contributed by atoms with Gasteiger partial charge in [-0.1, -0.05) is 18.2 Å². The van der Waals surface area contributed by atoms with Gasteiger partial charge >= 0.3 is 0 Å². The Balaban J connectivity index is 1.61. The van der Waals surface area contributed by atoms with Crippen molar-refractivity contribution < 1.29 is 24.0 Å².